The lowest BCUT2D eigenvalue weighted by Crippen LogP contribution is -1.98. The standard InChI is InChI=1S/C14H11NS/c1-2-6-11(7-3-1)14-10-15-12-8-4-5-9-13(12)16-14/h1-10,14H. The van der Waals surface area contributed by atoms with Crippen LogP contribution in [0.4, 0.5) is 5.69 Å². The van der Waals surface area contributed by atoms with E-state index >= 15 is 0 Å². The topological polar surface area (TPSA) is 12.4 Å². The van der Waals surface area contributed by atoms with Gasteiger partial charge in [0.1, 0.15) is 0 Å². The maximum absolute atomic E-state index is 4.50. The summed E-state index contributed by atoms with van der Waals surface area (Å²) in [6.07, 6.45) is 2.03. The number of aliphatic imine (C=N–C) groups is 1. The number of hydrogen-bond acceptors (Lipinski definition) is 2. The van der Waals surface area contributed by atoms with Gasteiger partial charge in [-0.3, -0.25) is 4.99 Å². The van der Waals surface area contributed by atoms with Crippen LogP contribution in [0.15, 0.2) is 64.5 Å². The third-order valence-electron chi connectivity index (χ3n) is 2.60. The molecule has 2 aromatic rings. The molecule has 0 aromatic heterocycles. The van der Waals surface area contributed by atoms with Crippen LogP contribution in [0.1, 0.15) is 10.8 Å². The summed E-state index contributed by atoms with van der Waals surface area (Å²) in [6, 6.07) is 18.8. The molecule has 2 aromatic carbocycles. The van der Waals surface area contributed by atoms with Crippen molar-refractivity contribution in [2.24, 2.45) is 4.99 Å². The minimum atomic E-state index is 0.344. The highest BCUT2D eigenvalue weighted by atomic mass is 32.2. The third-order valence-corrected chi connectivity index (χ3v) is 3.84. The Kier molecular flexibility index (Phi) is 2.50. The SMILES string of the molecule is C1=Nc2ccccc2SC1c1ccccc1. The first-order valence-corrected chi connectivity index (χ1v) is 6.16. The van der Waals surface area contributed by atoms with E-state index in [0.717, 1.165) is 5.69 Å². The maximum Gasteiger partial charge on any atom is 0.0762 e. The number of fused-ring (bicyclic) bond motifs is 1. The first kappa shape index (κ1) is 9.67. The molecule has 0 fully saturated rings. The van der Waals surface area contributed by atoms with Crippen molar-refractivity contribution in [3.05, 3.63) is 60.2 Å². The zero-order valence-electron chi connectivity index (χ0n) is 8.71. The molecule has 0 saturated carbocycles. The molecule has 2 heteroatoms. The molecule has 0 amide bonds. The highest BCUT2D eigenvalue weighted by molar-refractivity contribution is 8.00. The second kappa shape index (κ2) is 4.14. The Morgan fingerprint density at radius 3 is 2.50 bits per heavy atom. The largest absolute Gasteiger partial charge is 0.259 e. The normalized spacial score (nSPS) is 18.1. The van der Waals surface area contributed by atoms with E-state index in [1.54, 1.807) is 0 Å². The molecule has 16 heavy (non-hydrogen) atoms. The Hall–Kier alpha value is -1.54. The lowest BCUT2D eigenvalue weighted by Gasteiger charge is -2.17. The predicted molar refractivity (Wildman–Crippen MR) is 69.6 cm³/mol. The van der Waals surface area contributed by atoms with Gasteiger partial charge in [-0.15, -0.1) is 11.8 Å². The Labute approximate surface area is 99.2 Å². The van der Waals surface area contributed by atoms with Crippen molar-refractivity contribution in [3.63, 3.8) is 0 Å². The van der Waals surface area contributed by atoms with Gasteiger partial charge in [0.25, 0.3) is 0 Å². The van der Waals surface area contributed by atoms with Crippen LogP contribution in [0.5, 0.6) is 0 Å². The number of para-hydroxylation sites is 1. The number of hydrogen-bond donors (Lipinski definition) is 0. The van der Waals surface area contributed by atoms with Crippen LogP contribution in [-0.4, -0.2) is 6.21 Å². The summed E-state index contributed by atoms with van der Waals surface area (Å²) in [5.74, 6) is 0. The van der Waals surface area contributed by atoms with Gasteiger partial charge in [0.2, 0.25) is 0 Å². The van der Waals surface area contributed by atoms with Crippen molar-refractivity contribution in [1.82, 2.24) is 0 Å². The van der Waals surface area contributed by atoms with Gasteiger partial charge in [0, 0.05) is 11.1 Å². The van der Waals surface area contributed by atoms with Crippen LogP contribution in [0.25, 0.3) is 0 Å². The van der Waals surface area contributed by atoms with Gasteiger partial charge in [-0.25, -0.2) is 0 Å². The molecule has 1 nitrogen and oxygen atoms in total. The van der Waals surface area contributed by atoms with Crippen LogP contribution in [0.3, 0.4) is 0 Å². The van der Waals surface area contributed by atoms with Crippen molar-refractivity contribution in [2.45, 2.75) is 10.1 Å². The Balaban J connectivity index is 1.95. The lowest BCUT2D eigenvalue weighted by atomic mass is 10.1. The molecular formula is C14H11NS. The van der Waals surface area contributed by atoms with Crippen molar-refractivity contribution in [2.75, 3.05) is 0 Å². The summed E-state index contributed by atoms with van der Waals surface area (Å²) >= 11 is 1.86. The van der Waals surface area contributed by atoms with Crippen molar-refractivity contribution in [3.8, 4) is 0 Å². The molecule has 0 spiro atoms. The van der Waals surface area contributed by atoms with Gasteiger partial charge in [0.05, 0.1) is 10.9 Å². The third kappa shape index (κ3) is 1.76. The second-order valence-corrected chi connectivity index (χ2v) is 4.88. The van der Waals surface area contributed by atoms with Crippen LogP contribution in [0.2, 0.25) is 0 Å². The number of rotatable bonds is 1. The van der Waals surface area contributed by atoms with Gasteiger partial charge in [-0.05, 0) is 17.7 Å². The molecule has 0 aliphatic carbocycles. The molecule has 1 unspecified atom stereocenters. The smallest absolute Gasteiger partial charge is 0.0762 e. The van der Waals surface area contributed by atoms with Crippen LogP contribution >= 0.6 is 11.8 Å². The Bertz CT molecular complexity index is 519. The van der Waals surface area contributed by atoms with Crippen LogP contribution in [0, 0.1) is 0 Å². The fraction of sp³-hybridized carbons (Fsp3) is 0.0714. The van der Waals surface area contributed by atoms with Gasteiger partial charge in [-0.2, -0.15) is 0 Å². The van der Waals surface area contributed by atoms with Gasteiger partial charge < -0.3 is 0 Å². The molecule has 0 radical (unpaired) electrons. The average Bonchev–Trinajstić information content (AvgIpc) is 2.39. The van der Waals surface area contributed by atoms with E-state index in [4.69, 9.17) is 0 Å². The van der Waals surface area contributed by atoms with Gasteiger partial charge in [0.15, 0.2) is 0 Å². The summed E-state index contributed by atoms with van der Waals surface area (Å²) in [7, 11) is 0. The average molecular weight is 225 g/mol. The zero-order valence-corrected chi connectivity index (χ0v) is 9.52. The molecular weight excluding hydrogens is 214 g/mol. The van der Waals surface area contributed by atoms with E-state index in [1.165, 1.54) is 10.5 Å². The maximum atomic E-state index is 4.50. The molecule has 0 N–H and O–H groups in total. The van der Waals surface area contributed by atoms with Crippen LogP contribution in [-0.2, 0) is 0 Å². The van der Waals surface area contributed by atoms with Crippen LogP contribution < -0.4 is 0 Å². The molecule has 0 bridgehead atoms. The van der Waals surface area contributed by atoms with Crippen molar-refractivity contribution in [1.29, 1.82) is 0 Å². The van der Waals surface area contributed by atoms with Gasteiger partial charge in [-0.1, -0.05) is 42.5 Å². The summed E-state index contributed by atoms with van der Waals surface area (Å²) in [4.78, 5) is 5.77. The van der Waals surface area contributed by atoms with E-state index < -0.39 is 0 Å². The Morgan fingerprint density at radius 1 is 0.875 bits per heavy atom. The number of benzene rings is 2. The highest BCUT2D eigenvalue weighted by Gasteiger charge is 2.16. The fourth-order valence-corrected chi connectivity index (χ4v) is 2.86. The molecule has 1 aliphatic heterocycles. The molecule has 1 heterocycles. The number of thioether (sulfide) groups is 1. The molecule has 1 atom stereocenters. The number of nitrogens with zero attached hydrogens (tertiary/aromatic N) is 1. The van der Waals surface area contributed by atoms with E-state index in [-0.39, 0.29) is 0 Å². The minimum absolute atomic E-state index is 0.344. The zero-order chi connectivity index (χ0) is 10.8. The van der Waals surface area contributed by atoms with Crippen molar-refractivity contribution >= 4 is 23.7 Å². The summed E-state index contributed by atoms with van der Waals surface area (Å²) < 4.78 is 0. The molecule has 3 rings (SSSR count). The molecule has 1 aliphatic rings. The van der Waals surface area contributed by atoms with Crippen molar-refractivity contribution < 1.29 is 0 Å². The van der Waals surface area contributed by atoms with Gasteiger partial charge >= 0.3 is 0 Å². The first-order valence-electron chi connectivity index (χ1n) is 5.28. The first-order chi connectivity index (χ1) is 7.93. The summed E-state index contributed by atoms with van der Waals surface area (Å²) in [5, 5.41) is 0.344. The Morgan fingerprint density at radius 2 is 1.62 bits per heavy atom. The predicted octanol–water partition coefficient (Wildman–Crippen LogP) is 4.24. The van der Waals surface area contributed by atoms with E-state index in [0.29, 0.717) is 5.25 Å². The quantitative estimate of drug-likeness (QED) is 0.707. The summed E-state index contributed by atoms with van der Waals surface area (Å²) in [5.41, 5.74) is 2.39. The highest BCUT2D eigenvalue weighted by Crippen LogP contribution is 2.42. The monoisotopic (exact) mass is 225 g/mol. The minimum Gasteiger partial charge on any atom is -0.259 e. The summed E-state index contributed by atoms with van der Waals surface area (Å²) in [6.45, 7) is 0. The van der Waals surface area contributed by atoms with E-state index in [9.17, 15) is 0 Å². The second-order valence-electron chi connectivity index (χ2n) is 3.70. The molecule has 0 saturated heterocycles. The molecule has 78 valence electrons. The van der Waals surface area contributed by atoms with E-state index in [1.807, 2.05) is 30.1 Å². The lowest BCUT2D eigenvalue weighted by molar-refractivity contribution is 1.25. The fourth-order valence-electron chi connectivity index (χ4n) is 1.78. The van der Waals surface area contributed by atoms with E-state index in [2.05, 4.69) is 47.5 Å².